The molecule has 0 radical (unpaired) electrons. The Hall–Kier alpha value is -3.68. The van der Waals surface area contributed by atoms with Crippen molar-refractivity contribution in [2.24, 2.45) is 0 Å². The molecule has 0 aliphatic rings. The summed E-state index contributed by atoms with van der Waals surface area (Å²) in [4.78, 5) is 21.0. The minimum atomic E-state index is -0.965. The van der Waals surface area contributed by atoms with E-state index in [1.54, 1.807) is 25.3 Å². The number of hydrogen-bond donors (Lipinski definition) is 2. The van der Waals surface area contributed by atoms with Gasteiger partial charge in [-0.2, -0.15) is 0 Å². The van der Waals surface area contributed by atoms with Crippen LogP contribution in [0.5, 0.6) is 5.75 Å². The van der Waals surface area contributed by atoms with Gasteiger partial charge in [0, 0.05) is 24.8 Å². The van der Waals surface area contributed by atoms with Crippen molar-refractivity contribution < 1.29 is 24.2 Å². The van der Waals surface area contributed by atoms with Crippen LogP contribution in [0.1, 0.15) is 18.1 Å². The molecule has 0 fully saturated rings. The molecule has 1 atom stereocenters. The number of aromatic nitrogens is 1. The third kappa shape index (κ3) is 7.45. The molecule has 0 spiro atoms. The Morgan fingerprint density at radius 2 is 1.82 bits per heavy atom. The van der Waals surface area contributed by atoms with Gasteiger partial charge in [0.05, 0.1) is 11.4 Å². The second-order valence-corrected chi connectivity index (χ2v) is 7.20. The number of hydroxylamine groups is 1. The third-order valence-electron chi connectivity index (χ3n) is 4.83. The summed E-state index contributed by atoms with van der Waals surface area (Å²) >= 11 is 0. The number of pyridine rings is 1. The van der Waals surface area contributed by atoms with E-state index in [1.165, 1.54) is 0 Å². The fraction of sp³-hybridized carbons (Fsp3) is 0.231. The number of benzene rings is 2. The molecule has 0 aliphatic carbocycles. The highest BCUT2D eigenvalue weighted by atomic mass is 16.7. The summed E-state index contributed by atoms with van der Waals surface area (Å²) in [7, 11) is 0. The number of carbonyl (C=O) groups is 1. The molecule has 7 nitrogen and oxygen atoms in total. The van der Waals surface area contributed by atoms with Gasteiger partial charge in [0.2, 0.25) is 0 Å². The summed E-state index contributed by atoms with van der Waals surface area (Å²) in [5.41, 5.74) is 7.22. The van der Waals surface area contributed by atoms with E-state index in [-0.39, 0.29) is 0 Å². The lowest BCUT2D eigenvalue weighted by molar-refractivity contribution is -0.149. The highest BCUT2D eigenvalue weighted by Crippen LogP contribution is 2.19. The SMILES string of the molecule is C=C(NOCCOc1ccc(CC(OCC)C(=O)O)cc1)c1ccc(-c2ccccn2)cc1. The zero-order chi connectivity index (χ0) is 23.5. The molecule has 1 aromatic heterocycles. The smallest absolute Gasteiger partial charge is 0.333 e. The van der Waals surface area contributed by atoms with Gasteiger partial charge in [0.1, 0.15) is 19.0 Å². The largest absolute Gasteiger partial charge is 0.491 e. The van der Waals surface area contributed by atoms with E-state index in [1.807, 2.05) is 54.6 Å². The average Bonchev–Trinajstić information content (AvgIpc) is 2.85. The fourth-order valence-corrected chi connectivity index (χ4v) is 3.13. The topological polar surface area (TPSA) is 89.9 Å². The van der Waals surface area contributed by atoms with Crippen molar-refractivity contribution in [1.82, 2.24) is 10.5 Å². The fourth-order valence-electron chi connectivity index (χ4n) is 3.13. The van der Waals surface area contributed by atoms with Crippen LogP contribution in [0.25, 0.3) is 17.0 Å². The standard InChI is InChI=1S/C26H28N2O5/c1-3-31-25(26(29)30)18-20-7-13-23(14-8-20)32-16-17-33-28-19(2)21-9-11-22(12-10-21)24-6-4-5-15-27-24/h4-15,25,28H,2-3,16-18H2,1H3,(H,29,30). The van der Waals surface area contributed by atoms with Gasteiger partial charge in [-0.1, -0.05) is 49.0 Å². The van der Waals surface area contributed by atoms with Gasteiger partial charge in [0.25, 0.3) is 0 Å². The number of nitrogens with zero attached hydrogens (tertiary/aromatic N) is 1. The summed E-state index contributed by atoms with van der Waals surface area (Å²) in [5.74, 6) is -0.290. The van der Waals surface area contributed by atoms with Gasteiger partial charge in [-0.3, -0.25) is 15.3 Å². The molecule has 33 heavy (non-hydrogen) atoms. The van der Waals surface area contributed by atoms with Crippen molar-refractivity contribution in [2.75, 3.05) is 19.8 Å². The summed E-state index contributed by atoms with van der Waals surface area (Å²) in [6, 6.07) is 21.0. The van der Waals surface area contributed by atoms with Crippen molar-refractivity contribution in [3.8, 4) is 17.0 Å². The first-order valence-corrected chi connectivity index (χ1v) is 10.7. The molecule has 172 valence electrons. The number of ether oxygens (including phenoxy) is 2. The zero-order valence-corrected chi connectivity index (χ0v) is 18.6. The molecule has 1 heterocycles. The maximum absolute atomic E-state index is 11.2. The molecule has 2 aromatic carbocycles. The number of hydrogen-bond acceptors (Lipinski definition) is 6. The maximum atomic E-state index is 11.2. The predicted octanol–water partition coefficient (Wildman–Crippen LogP) is 4.35. The number of carboxylic acids is 1. The summed E-state index contributed by atoms with van der Waals surface area (Å²) < 4.78 is 10.9. The van der Waals surface area contributed by atoms with Gasteiger partial charge in [-0.15, -0.1) is 0 Å². The molecule has 0 amide bonds. The molecular formula is C26H28N2O5. The van der Waals surface area contributed by atoms with Crippen LogP contribution in [0.3, 0.4) is 0 Å². The maximum Gasteiger partial charge on any atom is 0.333 e. The average molecular weight is 449 g/mol. The number of carboxylic acid groups (broad SMARTS) is 1. The van der Waals surface area contributed by atoms with E-state index in [4.69, 9.17) is 14.3 Å². The molecular weight excluding hydrogens is 420 g/mol. The molecule has 0 bridgehead atoms. The van der Waals surface area contributed by atoms with E-state index in [0.29, 0.717) is 37.7 Å². The summed E-state index contributed by atoms with van der Waals surface area (Å²) in [6.07, 6.45) is 1.23. The van der Waals surface area contributed by atoms with Gasteiger partial charge >= 0.3 is 5.97 Å². The van der Waals surface area contributed by atoms with E-state index >= 15 is 0 Å². The predicted molar refractivity (Wildman–Crippen MR) is 126 cm³/mol. The van der Waals surface area contributed by atoms with E-state index in [9.17, 15) is 9.90 Å². The van der Waals surface area contributed by atoms with Gasteiger partial charge < -0.3 is 14.6 Å². The van der Waals surface area contributed by atoms with E-state index < -0.39 is 12.1 Å². The molecule has 3 rings (SSSR count). The van der Waals surface area contributed by atoms with Crippen molar-refractivity contribution in [1.29, 1.82) is 0 Å². The minimum Gasteiger partial charge on any atom is -0.491 e. The normalized spacial score (nSPS) is 11.5. The van der Waals surface area contributed by atoms with Gasteiger partial charge in [-0.25, -0.2) is 4.79 Å². The first kappa shape index (κ1) is 24.0. The van der Waals surface area contributed by atoms with Crippen molar-refractivity contribution in [2.45, 2.75) is 19.4 Å². The number of aliphatic carboxylic acids is 1. The van der Waals surface area contributed by atoms with Crippen LogP contribution in [0.4, 0.5) is 0 Å². The van der Waals surface area contributed by atoms with Crippen LogP contribution in [-0.4, -0.2) is 42.0 Å². The van der Waals surface area contributed by atoms with Crippen LogP contribution in [0, 0.1) is 0 Å². The van der Waals surface area contributed by atoms with Crippen LogP contribution in [0.15, 0.2) is 79.5 Å². The second kappa shape index (κ2) is 12.4. The number of nitrogens with one attached hydrogen (secondary N) is 1. The quantitative estimate of drug-likeness (QED) is 0.297. The number of rotatable bonds is 13. The first-order valence-electron chi connectivity index (χ1n) is 10.7. The summed E-state index contributed by atoms with van der Waals surface area (Å²) in [6.45, 7) is 6.79. The second-order valence-electron chi connectivity index (χ2n) is 7.20. The van der Waals surface area contributed by atoms with Crippen LogP contribution in [-0.2, 0) is 20.8 Å². The van der Waals surface area contributed by atoms with Crippen molar-refractivity contribution >= 4 is 11.7 Å². The Balaban J connectivity index is 1.38. The lowest BCUT2D eigenvalue weighted by Crippen LogP contribution is -2.26. The molecule has 7 heteroatoms. The van der Waals surface area contributed by atoms with Gasteiger partial charge in [0.15, 0.2) is 6.10 Å². The molecule has 3 aromatic rings. The molecule has 1 unspecified atom stereocenters. The third-order valence-corrected chi connectivity index (χ3v) is 4.83. The zero-order valence-electron chi connectivity index (χ0n) is 18.6. The molecule has 0 saturated heterocycles. The highest BCUT2D eigenvalue weighted by molar-refractivity contribution is 5.72. The molecule has 0 saturated carbocycles. The van der Waals surface area contributed by atoms with E-state index in [2.05, 4.69) is 17.0 Å². The molecule has 0 aliphatic heterocycles. The van der Waals surface area contributed by atoms with Crippen LogP contribution < -0.4 is 10.2 Å². The Morgan fingerprint density at radius 1 is 1.06 bits per heavy atom. The Bertz CT molecular complexity index is 1020. The Labute approximate surface area is 193 Å². The van der Waals surface area contributed by atoms with Crippen molar-refractivity contribution in [3.05, 3.63) is 90.6 Å². The van der Waals surface area contributed by atoms with Crippen molar-refractivity contribution in [3.63, 3.8) is 0 Å². The van der Waals surface area contributed by atoms with Gasteiger partial charge in [-0.05, 0) is 42.3 Å². The highest BCUT2D eigenvalue weighted by Gasteiger charge is 2.17. The lowest BCUT2D eigenvalue weighted by Gasteiger charge is -2.13. The first-order chi connectivity index (χ1) is 16.1. The summed E-state index contributed by atoms with van der Waals surface area (Å²) in [5, 5.41) is 9.18. The van der Waals surface area contributed by atoms with Crippen LogP contribution in [0.2, 0.25) is 0 Å². The molecule has 2 N–H and O–H groups in total. The van der Waals surface area contributed by atoms with E-state index in [0.717, 1.165) is 22.4 Å². The monoisotopic (exact) mass is 448 g/mol. The Kier molecular flexibility index (Phi) is 8.99. The van der Waals surface area contributed by atoms with Crippen LogP contribution >= 0.6 is 0 Å². The lowest BCUT2D eigenvalue weighted by atomic mass is 10.1. The minimum absolute atomic E-state index is 0.307. The Morgan fingerprint density at radius 3 is 2.45 bits per heavy atom.